The van der Waals surface area contributed by atoms with Crippen LogP contribution in [0.4, 0.5) is 0 Å². The average molecular weight is 842 g/mol. The quantitative estimate of drug-likeness (QED) is 0.0322. The number of esters is 1. The van der Waals surface area contributed by atoms with Crippen LogP contribution in [-0.2, 0) is 14.3 Å². The molecule has 0 aromatic rings. The first-order valence-corrected chi connectivity index (χ1v) is 25.9. The van der Waals surface area contributed by atoms with Crippen LogP contribution in [0.25, 0.3) is 0 Å². The largest absolute Gasteiger partial charge is 0.462 e. The maximum atomic E-state index is 13.2. The topological polar surface area (TPSA) is 95.9 Å². The molecule has 350 valence electrons. The Bertz CT molecular complexity index is 1040. The van der Waals surface area contributed by atoms with E-state index in [9.17, 15) is 19.8 Å². The van der Waals surface area contributed by atoms with Gasteiger partial charge in [-0.3, -0.25) is 9.59 Å². The molecular formula is C54H99NO5. The van der Waals surface area contributed by atoms with E-state index in [0.717, 1.165) is 77.0 Å². The van der Waals surface area contributed by atoms with E-state index in [1.54, 1.807) is 0 Å². The van der Waals surface area contributed by atoms with E-state index in [4.69, 9.17) is 4.74 Å². The Morgan fingerprint density at radius 1 is 0.483 bits per heavy atom. The predicted molar refractivity (Wildman–Crippen MR) is 259 cm³/mol. The standard InChI is InChI=1S/C54H99NO5/c1-4-7-10-13-16-19-22-24-25-26-27-28-30-32-35-38-41-44-47-54(59)60-50(45-42-39-36-33-31-29-23-20-17-14-11-8-5-2)48-53(58)55-51(49-56)52(57)46-43-40-37-34-21-18-15-12-9-6-3/h16,19,22,24-28,50-52,56-57H,4-15,17-18,20-21,23,29-49H2,1-3H3,(H,55,58)/b19-16+,24-22+,26-25+,28-27+. The summed E-state index contributed by atoms with van der Waals surface area (Å²) in [6.45, 7) is 6.44. The number of unbranched alkanes of at least 4 members (excludes halogenated alkanes) is 29. The van der Waals surface area contributed by atoms with Gasteiger partial charge in [-0.2, -0.15) is 0 Å². The fraction of sp³-hybridized carbons (Fsp3) is 0.815. The highest BCUT2D eigenvalue weighted by Gasteiger charge is 2.24. The van der Waals surface area contributed by atoms with Crippen LogP contribution in [0.5, 0.6) is 0 Å². The third kappa shape index (κ3) is 42.5. The molecule has 3 atom stereocenters. The van der Waals surface area contributed by atoms with Crippen LogP contribution in [0, 0.1) is 0 Å². The molecule has 0 heterocycles. The zero-order chi connectivity index (χ0) is 43.8. The Morgan fingerprint density at radius 3 is 1.32 bits per heavy atom. The van der Waals surface area contributed by atoms with E-state index in [1.807, 2.05) is 0 Å². The van der Waals surface area contributed by atoms with Crippen molar-refractivity contribution < 1.29 is 24.5 Å². The van der Waals surface area contributed by atoms with Gasteiger partial charge in [-0.1, -0.05) is 243 Å². The van der Waals surface area contributed by atoms with Crippen LogP contribution in [0.15, 0.2) is 48.6 Å². The van der Waals surface area contributed by atoms with Gasteiger partial charge >= 0.3 is 5.97 Å². The molecule has 0 rings (SSSR count). The Balaban J connectivity index is 4.60. The number of carbonyl (C=O) groups is 2. The molecule has 0 aliphatic carbocycles. The third-order valence-corrected chi connectivity index (χ3v) is 11.8. The van der Waals surface area contributed by atoms with Gasteiger partial charge in [-0.05, 0) is 51.4 Å². The molecule has 0 fully saturated rings. The van der Waals surface area contributed by atoms with Crippen molar-refractivity contribution in [1.29, 1.82) is 0 Å². The number of rotatable bonds is 46. The first-order valence-electron chi connectivity index (χ1n) is 25.9. The molecule has 0 aliphatic rings. The summed E-state index contributed by atoms with van der Waals surface area (Å²) in [4.78, 5) is 26.1. The third-order valence-electron chi connectivity index (χ3n) is 11.8. The normalized spacial score (nSPS) is 13.6. The molecule has 0 bridgehead atoms. The zero-order valence-electron chi connectivity index (χ0n) is 39.8. The Morgan fingerprint density at radius 2 is 0.850 bits per heavy atom. The lowest BCUT2D eigenvalue weighted by Crippen LogP contribution is -2.46. The molecule has 3 N–H and O–H groups in total. The van der Waals surface area contributed by atoms with Gasteiger partial charge in [0, 0.05) is 6.42 Å². The first kappa shape index (κ1) is 57.8. The van der Waals surface area contributed by atoms with Crippen molar-refractivity contribution in [3.05, 3.63) is 48.6 Å². The molecule has 0 aromatic carbocycles. The number of ether oxygens (including phenoxy) is 1. The SMILES string of the molecule is CCCCC/C=C/C=C/C=C/C=C/CCCCCCCC(=O)OC(CCCCCCCCCCCCCCC)CC(=O)NC(CO)C(O)CCCCCCCCCCCC. The van der Waals surface area contributed by atoms with E-state index in [-0.39, 0.29) is 24.9 Å². The number of nitrogens with one attached hydrogen (secondary N) is 1. The monoisotopic (exact) mass is 842 g/mol. The smallest absolute Gasteiger partial charge is 0.306 e. The number of allylic oxidation sites excluding steroid dienone is 8. The van der Waals surface area contributed by atoms with Gasteiger partial charge in [0.1, 0.15) is 6.10 Å². The lowest BCUT2D eigenvalue weighted by Gasteiger charge is -2.24. The highest BCUT2D eigenvalue weighted by molar-refractivity contribution is 5.77. The molecule has 3 unspecified atom stereocenters. The highest BCUT2D eigenvalue weighted by atomic mass is 16.5. The number of hydrogen-bond acceptors (Lipinski definition) is 5. The minimum Gasteiger partial charge on any atom is -0.462 e. The summed E-state index contributed by atoms with van der Waals surface area (Å²) in [7, 11) is 0. The second kappa shape index (κ2) is 47.9. The second-order valence-corrected chi connectivity index (χ2v) is 17.7. The summed E-state index contributed by atoms with van der Waals surface area (Å²) in [5.41, 5.74) is 0. The summed E-state index contributed by atoms with van der Waals surface area (Å²) in [5, 5.41) is 23.7. The molecule has 6 nitrogen and oxygen atoms in total. The van der Waals surface area contributed by atoms with Gasteiger partial charge in [0.2, 0.25) is 5.91 Å². The van der Waals surface area contributed by atoms with Gasteiger partial charge in [0.15, 0.2) is 0 Å². The second-order valence-electron chi connectivity index (χ2n) is 17.7. The van der Waals surface area contributed by atoms with Crippen molar-refractivity contribution >= 4 is 11.9 Å². The fourth-order valence-corrected chi connectivity index (χ4v) is 7.80. The summed E-state index contributed by atoms with van der Waals surface area (Å²) < 4.78 is 5.93. The van der Waals surface area contributed by atoms with Crippen molar-refractivity contribution in [1.82, 2.24) is 5.32 Å². The number of carbonyl (C=O) groups excluding carboxylic acids is 2. The first-order chi connectivity index (χ1) is 29.5. The molecule has 0 aromatic heterocycles. The summed E-state index contributed by atoms with van der Waals surface area (Å²) in [6, 6.07) is -0.703. The van der Waals surface area contributed by atoms with Crippen LogP contribution in [0.2, 0.25) is 0 Å². The number of amides is 1. The predicted octanol–water partition coefficient (Wildman–Crippen LogP) is 15.5. The van der Waals surface area contributed by atoms with E-state index in [1.165, 1.54) is 135 Å². The Hall–Kier alpha value is -2.18. The van der Waals surface area contributed by atoms with Crippen LogP contribution in [0.1, 0.15) is 258 Å². The van der Waals surface area contributed by atoms with E-state index < -0.39 is 18.2 Å². The lowest BCUT2D eigenvalue weighted by molar-refractivity contribution is -0.151. The van der Waals surface area contributed by atoms with Gasteiger partial charge in [-0.25, -0.2) is 0 Å². The molecule has 0 spiro atoms. The number of aliphatic hydroxyl groups excluding tert-OH is 2. The molecule has 1 amide bonds. The van der Waals surface area contributed by atoms with Crippen molar-refractivity contribution in [3.8, 4) is 0 Å². The van der Waals surface area contributed by atoms with Crippen molar-refractivity contribution in [2.45, 2.75) is 277 Å². The van der Waals surface area contributed by atoms with Crippen molar-refractivity contribution in [2.24, 2.45) is 0 Å². The molecular weight excluding hydrogens is 743 g/mol. The highest BCUT2D eigenvalue weighted by Crippen LogP contribution is 2.18. The van der Waals surface area contributed by atoms with Crippen LogP contribution in [-0.4, -0.2) is 46.9 Å². The molecule has 0 aliphatic heterocycles. The maximum absolute atomic E-state index is 13.2. The lowest BCUT2D eigenvalue weighted by atomic mass is 10.0. The molecule has 60 heavy (non-hydrogen) atoms. The zero-order valence-corrected chi connectivity index (χ0v) is 39.8. The van der Waals surface area contributed by atoms with Crippen molar-refractivity contribution in [2.75, 3.05) is 6.61 Å². The summed E-state index contributed by atoms with van der Waals surface area (Å²) in [5.74, 6) is -0.493. The van der Waals surface area contributed by atoms with E-state index in [0.29, 0.717) is 19.3 Å². The van der Waals surface area contributed by atoms with E-state index in [2.05, 4.69) is 74.7 Å². The maximum Gasteiger partial charge on any atom is 0.306 e. The average Bonchev–Trinajstić information content (AvgIpc) is 3.24. The number of aliphatic hydroxyl groups is 2. The van der Waals surface area contributed by atoms with Crippen molar-refractivity contribution in [3.63, 3.8) is 0 Å². The summed E-state index contributed by atoms with van der Waals surface area (Å²) in [6.07, 6.45) is 57.3. The van der Waals surface area contributed by atoms with Gasteiger partial charge < -0.3 is 20.3 Å². The molecule has 0 saturated carbocycles. The molecule has 6 heteroatoms. The van der Waals surface area contributed by atoms with Gasteiger partial charge in [-0.15, -0.1) is 0 Å². The van der Waals surface area contributed by atoms with Crippen LogP contribution in [0.3, 0.4) is 0 Å². The fourth-order valence-electron chi connectivity index (χ4n) is 7.80. The van der Waals surface area contributed by atoms with Gasteiger partial charge in [0.05, 0.1) is 25.2 Å². The Kier molecular flexibility index (Phi) is 46.1. The minimum absolute atomic E-state index is 0.0701. The van der Waals surface area contributed by atoms with E-state index >= 15 is 0 Å². The van der Waals surface area contributed by atoms with Crippen LogP contribution >= 0.6 is 0 Å². The molecule has 0 radical (unpaired) electrons. The molecule has 0 saturated heterocycles. The van der Waals surface area contributed by atoms with Gasteiger partial charge in [0.25, 0.3) is 0 Å². The van der Waals surface area contributed by atoms with Crippen LogP contribution < -0.4 is 5.32 Å². The Labute approximate surface area is 372 Å². The summed E-state index contributed by atoms with van der Waals surface area (Å²) >= 11 is 0. The number of hydrogen-bond donors (Lipinski definition) is 3. The minimum atomic E-state index is -0.789.